The number of amides is 2. The highest BCUT2D eigenvalue weighted by molar-refractivity contribution is 5.90. The molecule has 2 N–H and O–H groups in total. The maximum atomic E-state index is 13.1. The fourth-order valence-electron chi connectivity index (χ4n) is 6.17. The minimum absolute atomic E-state index is 0.00383. The summed E-state index contributed by atoms with van der Waals surface area (Å²) >= 11 is 0. The highest BCUT2D eigenvalue weighted by Gasteiger charge is 2.69. The lowest BCUT2D eigenvalue weighted by Crippen LogP contribution is -2.44. The van der Waals surface area contributed by atoms with Gasteiger partial charge in [-0.05, 0) is 88.8 Å². The van der Waals surface area contributed by atoms with Gasteiger partial charge in [-0.25, -0.2) is 0 Å². The van der Waals surface area contributed by atoms with Crippen LogP contribution in [0.4, 0.5) is 0 Å². The molecule has 2 saturated carbocycles. The molecule has 4 rings (SSSR count). The predicted molar refractivity (Wildman–Crippen MR) is 116 cm³/mol. The van der Waals surface area contributed by atoms with Gasteiger partial charge < -0.3 is 20.3 Å². The van der Waals surface area contributed by atoms with Crippen molar-refractivity contribution in [2.45, 2.75) is 58.3 Å². The molecular formula is C24H37N3O3. The van der Waals surface area contributed by atoms with Crippen LogP contribution in [0.15, 0.2) is 12.2 Å². The Balaban J connectivity index is 1.28. The van der Waals surface area contributed by atoms with E-state index in [0.717, 1.165) is 32.2 Å². The molecule has 0 radical (unpaired) electrons. The van der Waals surface area contributed by atoms with Gasteiger partial charge in [-0.2, -0.15) is 0 Å². The third kappa shape index (κ3) is 4.34. The normalized spacial score (nSPS) is 30.7. The summed E-state index contributed by atoms with van der Waals surface area (Å²) in [5.74, 6) is 0.102. The summed E-state index contributed by atoms with van der Waals surface area (Å²) in [5.41, 5.74) is 0.166. The van der Waals surface area contributed by atoms with E-state index in [9.17, 15) is 14.4 Å². The van der Waals surface area contributed by atoms with Gasteiger partial charge in [0.1, 0.15) is 5.78 Å². The quantitative estimate of drug-likeness (QED) is 0.401. The number of carbonyl (C=O) groups excluding carboxylic acids is 3. The third-order valence-corrected chi connectivity index (χ3v) is 7.85. The van der Waals surface area contributed by atoms with Crippen LogP contribution >= 0.6 is 0 Å². The summed E-state index contributed by atoms with van der Waals surface area (Å²) in [7, 11) is 0. The maximum absolute atomic E-state index is 13.1. The van der Waals surface area contributed by atoms with Crippen molar-refractivity contribution in [2.75, 3.05) is 32.7 Å². The van der Waals surface area contributed by atoms with Crippen LogP contribution in [0.1, 0.15) is 58.3 Å². The van der Waals surface area contributed by atoms with Crippen LogP contribution < -0.4 is 10.6 Å². The van der Waals surface area contributed by atoms with Gasteiger partial charge in [0, 0.05) is 19.5 Å². The van der Waals surface area contributed by atoms with Gasteiger partial charge in [0.05, 0.1) is 11.8 Å². The van der Waals surface area contributed by atoms with Gasteiger partial charge in [0.2, 0.25) is 11.8 Å². The van der Waals surface area contributed by atoms with Crippen molar-refractivity contribution in [3.8, 4) is 0 Å². The number of nitrogens with one attached hydrogen (secondary N) is 2. The minimum Gasteiger partial charge on any atom is -0.356 e. The van der Waals surface area contributed by atoms with E-state index in [1.54, 1.807) is 6.92 Å². The summed E-state index contributed by atoms with van der Waals surface area (Å²) in [6, 6.07) is 0. The van der Waals surface area contributed by atoms with Gasteiger partial charge in [0.15, 0.2) is 0 Å². The molecule has 1 heterocycles. The Morgan fingerprint density at radius 1 is 0.900 bits per heavy atom. The van der Waals surface area contributed by atoms with E-state index in [2.05, 4.69) is 27.7 Å². The summed E-state index contributed by atoms with van der Waals surface area (Å²) in [6.45, 7) is 6.34. The summed E-state index contributed by atoms with van der Waals surface area (Å²) in [6.07, 6.45) is 12.5. The number of unbranched alkanes of at least 4 members (excludes halogenated alkanes) is 1. The van der Waals surface area contributed by atoms with Crippen LogP contribution in [-0.2, 0) is 14.4 Å². The Hall–Kier alpha value is -1.69. The fourth-order valence-corrected chi connectivity index (χ4v) is 6.17. The lowest BCUT2D eigenvalue weighted by Gasteiger charge is -2.26. The van der Waals surface area contributed by atoms with Crippen LogP contribution in [-0.4, -0.2) is 55.2 Å². The molecular weight excluding hydrogens is 378 g/mol. The van der Waals surface area contributed by atoms with Crippen LogP contribution in [0, 0.1) is 29.1 Å². The Bertz CT molecular complexity index is 694. The number of carbonyl (C=O) groups is 3. The molecule has 2 bridgehead atoms. The molecule has 4 aliphatic rings. The minimum atomic E-state index is -0.260. The van der Waals surface area contributed by atoms with Crippen LogP contribution in [0.25, 0.3) is 0 Å². The average Bonchev–Trinajstić information content (AvgIpc) is 3.08. The van der Waals surface area contributed by atoms with Crippen LogP contribution in [0.3, 0.4) is 0 Å². The van der Waals surface area contributed by atoms with Crippen molar-refractivity contribution >= 4 is 17.6 Å². The lowest BCUT2D eigenvalue weighted by atomic mass is 9.81. The second-order valence-corrected chi connectivity index (χ2v) is 9.86. The number of Topliss-reactive ketones (excluding diaryl/α,β-unsaturated/α-hetero) is 1. The van der Waals surface area contributed by atoms with Crippen molar-refractivity contribution in [1.82, 2.24) is 15.5 Å². The zero-order valence-electron chi connectivity index (χ0n) is 18.3. The van der Waals surface area contributed by atoms with Gasteiger partial charge >= 0.3 is 0 Å². The highest BCUT2D eigenvalue weighted by Crippen LogP contribution is 2.72. The van der Waals surface area contributed by atoms with E-state index < -0.39 is 0 Å². The molecule has 2 amide bonds. The van der Waals surface area contributed by atoms with E-state index in [1.807, 2.05) is 0 Å². The SMILES string of the molecule is CC(=O)CCCNC(=O)[C@H]1[C@H](C(=O)NCCCCN2CCCC2)[C@H]2C=C[C@@H]1C21CC1. The van der Waals surface area contributed by atoms with Crippen molar-refractivity contribution in [2.24, 2.45) is 29.1 Å². The second kappa shape index (κ2) is 9.21. The molecule has 3 aliphatic carbocycles. The molecule has 1 spiro atoms. The third-order valence-electron chi connectivity index (χ3n) is 7.85. The lowest BCUT2D eigenvalue weighted by molar-refractivity contribution is -0.135. The molecule has 166 valence electrons. The first-order valence-electron chi connectivity index (χ1n) is 12.0. The fraction of sp³-hybridized carbons (Fsp3) is 0.792. The number of likely N-dealkylation sites (tertiary alicyclic amines) is 1. The van der Waals surface area contributed by atoms with Gasteiger partial charge in [-0.15, -0.1) is 0 Å². The molecule has 6 nitrogen and oxygen atoms in total. The van der Waals surface area contributed by atoms with E-state index >= 15 is 0 Å². The van der Waals surface area contributed by atoms with Gasteiger partial charge in [-0.1, -0.05) is 12.2 Å². The first-order valence-corrected chi connectivity index (χ1v) is 12.0. The molecule has 30 heavy (non-hydrogen) atoms. The first kappa shape index (κ1) is 21.5. The topological polar surface area (TPSA) is 78.5 Å². The number of hydrogen-bond donors (Lipinski definition) is 2. The molecule has 0 aromatic carbocycles. The second-order valence-electron chi connectivity index (χ2n) is 9.86. The molecule has 6 heteroatoms. The Kier molecular flexibility index (Phi) is 6.61. The van der Waals surface area contributed by atoms with Gasteiger partial charge in [0.25, 0.3) is 0 Å². The monoisotopic (exact) mass is 415 g/mol. The number of hydrogen-bond acceptors (Lipinski definition) is 4. The number of nitrogens with zero attached hydrogens (tertiary/aromatic N) is 1. The Morgan fingerprint density at radius 3 is 2.00 bits per heavy atom. The summed E-state index contributed by atoms with van der Waals surface area (Å²) in [5, 5.41) is 6.16. The summed E-state index contributed by atoms with van der Waals surface area (Å²) in [4.78, 5) is 39.8. The molecule has 4 atom stereocenters. The van der Waals surface area contributed by atoms with Crippen LogP contribution in [0.5, 0.6) is 0 Å². The zero-order chi connectivity index (χ0) is 21.1. The molecule has 0 aromatic heterocycles. The molecule has 1 saturated heterocycles. The summed E-state index contributed by atoms with van der Waals surface area (Å²) < 4.78 is 0. The Morgan fingerprint density at radius 2 is 1.47 bits per heavy atom. The number of ketones is 1. The van der Waals surface area contributed by atoms with Gasteiger partial charge in [-0.3, -0.25) is 9.59 Å². The standard InChI is InChI=1S/C24H37N3O3/c1-17(28)7-6-13-26-23(30)21-19-9-8-18(24(19)10-11-24)20(21)22(29)25-12-2-3-14-27-15-4-5-16-27/h8-9,18-21H,2-7,10-16H2,1H3,(H,25,29)(H,26,30)/t18-,19+,20-,21-/m1/s1. The van der Waals surface area contributed by atoms with E-state index in [-0.39, 0.29) is 46.7 Å². The predicted octanol–water partition coefficient (Wildman–Crippen LogP) is 2.29. The highest BCUT2D eigenvalue weighted by atomic mass is 16.2. The van der Waals surface area contributed by atoms with Crippen molar-refractivity contribution in [1.29, 1.82) is 0 Å². The van der Waals surface area contributed by atoms with Crippen LogP contribution in [0.2, 0.25) is 0 Å². The molecule has 1 aliphatic heterocycles. The zero-order valence-corrected chi connectivity index (χ0v) is 18.3. The maximum Gasteiger partial charge on any atom is 0.224 e. The number of allylic oxidation sites excluding steroid dienone is 2. The van der Waals surface area contributed by atoms with E-state index in [4.69, 9.17) is 0 Å². The molecule has 3 fully saturated rings. The molecule has 0 unspecified atom stereocenters. The van der Waals surface area contributed by atoms with E-state index in [0.29, 0.717) is 25.9 Å². The number of rotatable bonds is 11. The van der Waals surface area contributed by atoms with E-state index in [1.165, 1.54) is 25.9 Å². The van der Waals surface area contributed by atoms with Crippen molar-refractivity contribution < 1.29 is 14.4 Å². The van der Waals surface area contributed by atoms with Crippen molar-refractivity contribution in [3.05, 3.63) is 12.2 Å². The average molecular weight is 416 g/mol. The smallest absolute Gasteiger partial charge is 0.224 e. The Labute approximate surface area is 180 Å². The van der Waals surface area contributed by atoms with Crippen molar-refractivity contribution in [3.63, 3.8) is 0 Å². The largest absolute Gasteiger partial charge is 0.356 e. The first-order chi connectivity index (χ1) is 14.5. The molecule has 0 aromatic rings.